The Bertz CT molecular complexity index is 869. The first-order valence-electron chi connectivity index (χ1n) is 9.41. The van der Waals surface area contributed by atoms with E-state index < -0.39 is 18.0 Å². The van der Waals surface area contributed by atoms with Crippen molar-refractivity contribution in [2.24, 2.45) is 0 Å². The van der Waals surface area contributed by atoms with E-state index in [4.69, 9.17) is 14.2 Å². The van der Waals surface area contributed by atoms with E-state index in [1.54, 1.807) is 25.3 Å². The smallest absolute Gasteiger partial charge is 0.326 e. The first kappa shape index (κ1) is 22.7. The minimum atomic E-state index is -0.997. The molecule has 0 aliphatic rings. The van der Waals surface area contributed by atoms with Crippen LogP contribution in [0.1, 0.15) is 18.1 Å². The second-order valence-electron chi connectivity index (χ2n) is 6.48. The average molecular weight is 414 g/mol. The number of methoxy groups -OCH3 is 2. The molecule has 0 saturated heterocycles. The van der Waals surface area contributed by atoms with Crippen LogP contribution < -0.4 is 20.1 Å². The van der Waals surface area contributed by atoms with Crippen LogP contribution in [0.15, 0.2) is 48.5 Å². The van der Waals surface area contributed by atoms with Crippen LogP contribution in [0.2, 0.25) is 0 Å². The van der Waals surface area contributed by atoms with Crippen molar-refractivity contribution >= 4 is 17.8 Å². The van der Waals surface area contributed by atoms with E-state index in [0.717, 1.165) is 11.1 Å². The van der Waals surface area contributed by atoms with Gasteiger partial charge in [0.15, 0.2) is 17.6 Å². The molecule has 8 heteroatoms. The van der Waals surface area contributed by atoms with Crippen molar-refractivity contribution in [3.63, 3.8) is 0 Å². The molecule has 0 saturated carbocycles. The van der Waals surface area contributed by atoms with Gasteiger partial charge in [-0.3, -0.25) is 14.4 Å². The van der Waals surface area contributed by atoms with Crippen LogP contribution in [0.3, 0.4) is 0 Å². The summed E-state index contributed by atoms with van der Waals surface area (Å²) in [5.41, 5.74) is 1.64. The Morgan fingerprint density at radius 1 is 0.900 bits per heavy atom. The monoisotopic (exact) mass is 414 g/mol. The van der Waals surface area contributed by atoms with Gasteiger partial charge >= 0.3 is 5.97 Å². The van der Waals surface area contributed by atoms with Gasteiger partial charge in [-0.25, -0.2) is 0 Å². The maximum absolute atomic E-state index is 12.2. The number of esters is 1. The molecule has 2 amide bonds. The highest BCUT2D eigenvalue weighted by atomic mass is 16.5. The fourth-order valence-electron chi connectivity index (χ4n) is 2.63. The zero-order chi connectivity index (χ0) is 21.9. The summed E-state index contributed by atoms with van der Waals surface area (Å²) in [5, 5.41) is 5.18. The second-order valence-corrected chi connectivity index (χ2v) is 6.48. The maximum atomic E-state index is 12.2. The summed E-state index contributed by atoms with van der Waals surface area (Å²) in [7, 11) is 3.07. The summed E-state index contributed by atoms with van der Waals surface area (Å²) >= 11 is 0. The SMILES string of the molecule is COc1ccc(CNC(=O)[C@@H](C)OC(=O)CNC(=O)Cc2ccccc2)cc1OC. The molecule has 0 fully saturated rings. The van der Waals surface area contributed by atoms with Crippen LogP contribution in [-0.4, -0.2) is 44.7 Å². The number of ether oxygens (including phenoxy) is 3. The standard InChI is InChI=1S/C22H26N2O6/c1-15(22(27)24-13-17-9-10-18(28-2)19(11-17)29-3)30-21(26)14-23-20(25)12-16-7-5-4-6-8-16/h4-11,15H,12-14H2,1-3H3,(H,23,25)(H,24,27)/t15-/m1/s1. The number of amides is 2. The van der Waals surface area contributed by atoms with E-state index in [-0.39, 0.29) is 25.4 Å². The molecule has 0 bridgehead atoms. The molecule has 30 heavy (non-hydrogen) atoms. The molecular formula is C22H26N2O6. The Labute approximate surface area is 175 Å². The lowest BCUT2D eigenvalue weighted by atomic mass is 10.1. The molecule has 0 radical (unpaired) electrons. The number of carbonyl (C=O) groups excluding carboxylic acids is 3. The summed E-state index contributed by atoms with van der Waals surface area (Å²) in [4.78, 5) is 35.9. The van der Waals surface area contributed by atoms with Gasteiger partial charge in [-0.15, -0.1) is 0 Å². The Hall–Kier alpha value is -3.55. The van der Waals surface area contributed by atoms with Crippen LogP contribution in [0.5, 0.6) is 11.5 Å². The van der Waals surface area contributed by atoms with Gasteiger partial charge in [0.1, 0.15) is 6.54 Å². The van der Waals surface area contributed by atoms with E-state index in [9.17, 15) is 14.4 Å². The first-order chi connectivity index (χ1) is 14.4. The van der Waals surface area contributed by atoms with Crippen molar-refractivity contribution in [1.82, 2.24) is 10.6 Å². The van der Waals surface area contributed by atoms with E-state index in [1.165, 1.54) is 14.0 Å². The van der Waals surface area contributed by atoms with Crippen LogP contribution in [0.4, 0.5) is 0 Å². The lowest BCUT2D eigenvalue weighted by Crippen LogP contribution is -2.38. The molecule has 2 aromatic carbocycles. The van der Waals surface area contributed by atoms with Gasteiger partial charge in [-0.1, -0.05) is 36.4 Å². The first-order valence-corrected chi connectivity index (χ1v) is 9.41. The van der Waals surface area contributed by atoms with Crippen molar-refractivity contribution < 1.29 is 28.6 Å². The molecule has 0 spiro atoms. The number of rotatable bonds is 10. The van der Waals surface area contributed by atoms with Crippen LogP contribution in [-0.2, 0) is 32.1 Å². The third kappa shape index (κ3) is 7.12. The minimum absolute atomic E-state index is 0.162. The zero-order valence-corrected chi connectivity index (χ0v) is 17.3. The van der Waals surface area contributed by atoms with Crippen molar-refractivity contribution in [3.05, 3.63) is 59.7 Å². The molecule has 2 N–H and O–H groups in total. The van der Waals surface area contributed by atoms with Gasteiger partial charge in [0, 0.05) is 6.54 Å². The summed E-state index contributed by atoms with van der Waals surface area (Å²) in [6.07, 6.45) is -0.834. The van der Waals surface area contributed by atoms with E-state index in [2.05, 4.69) is 10.6 Å². The van der Waals surface area contributed by atoms with Gasteiger partial charge in [0.05, 0.1) is 20.6 Å². The molecule has 8 nitrogen and oxygen atoms in total. The Morgan fingerprint density at radius 2 is 1.60 bits per heavy atom. The Balaban J connectivity index is 1.74. The van der Waals surface area contributed by atoms with E-state index in [1.807, 2.05) is 30.3 Å². The van der Waals surface area contributed by atoms with Crippen molar-refractivity contribution in [3.8, 4) is 11.5 Å². The molecule has 1 atom stereocenters. The van der Waals surface area contributed by atoms with Gasteiger partial charge in [0.25, 0.3) is 5.91 Å². The van der Waals surface area contributed by atoms with Crippen molar-refractivity contribution in [1.29, 1.82) is 0 Å². The Morgan fingerprint density at radius 3 is 2.27 bits per heavy atom. The van der Waals surface area contributed by atoms with Crippen molar-refractivity contribution in [2.45, 2.75) is 26.0 Å². The maximum Gasteiger partial charge on any atom is 0.326 e. The number of carbonyl (C=O) groups is 3. The quantitative estimate of drug-likeness (QED) is 0.573. The topological polar surface area (TPSA) is 103 Å². The molecule has 0 aliphatic heterocycles. The fourth-order valence-corrected chi connectivity index (χ4v) is 2.63. The third-order valence-electron chi connectivity index (χ3n) is 4.23. The lowest BCUT2D eigenvalue weighted by molar-refractivity contribution is -0.154. The van der Waals surface area contributed by atoms with Gasteiger partial charge in [0.2, 0.25) is 5.91 Å². The third-order valence-corrected chi connectivity index (χ3v) is 4.23. The highest BCUT2D eigenvalue weighted by Gasteiger charge is 2.18. The van der Waals surface area contributed by atoms with E-state index in [0.29, 0.717) is 11.5 Å². The molecule has 2 aromatic rings. The number of hydrogen-bond donors (Lipinski definition) is 2. The van der Waals surface area contributed by atoms with E-state index >= 15 is 0 Å². The second kappa shape index (κ2) is 11.5. The normalized spacial score (nSPS) is 11.2. The number of benzene rings is 2. The summed E-state index contributed by atoms with van der Waals surface area (Å²) < 4.78 is 15.5. The molecule has 0 aromatic heterocycles. The van der Waals surface area contributed by atoms with Crippen molar-refractivity contribution in [2.75, 3.05) is 20.8 Å². The molecule has 160 valence electrons. The van der Waals surface area contributed by atoms with Gasteiger partial charge in [-0.2, -0.15) is 0 Å². The van der Waals surface area contributed by atoms with Gasteiger partial charge in [-0.05, 0) is 30.2 Å². The average Bonchev–Trinajstić information content (AvgIpc) is 2.76. The molecule has 0 aliphatic carbocycles. The highest BCUT2D eigenvalue weighted by Crippen LogP contribution is 2.27. The zero-order valence-electron chi connectivity index (χ0n) is 17.3. The molecule has 0 heterocycles. The number of nitrogens with one attached hydrogen (secondary N) is 2. The predicted octanol–water partition coefficient (Wildman–Crippen LogP) is 1.61. The van der Waals surface area contributed by atoms with Crippen LogP contribution >= 0.6 is 0 Å². The predicted molar refractivity (Wildman–Crippen MR) is 110 cm³/mol. The van der Waals surface area contributed by atoms with Gasteiger partial charge < -0.3 is 24.8 Å². The molecular weight excluding hydrogens is 388 g/mol. The fraction of sp³-hybridized carbons (Fsp3) is 0.318. The molecule has 0 unspecified atom stereocenters. The lowest BCUT2D eigenvalue weighted by Gasteiger charge is -2.14. The summed E-state index contributed by atoms with van der Waals surface area (Å²) in [6, 6.07) is 14.4. The largest absolute Gasteiger partial charge is 0.493 e. The summed E-state index contributed by atoms with van der Waals surface area (Å²) in [5.74, 6) is -0.304. The minimum Gasteiger partial charge on any atom is -0.493 e. The van der Waals surface area contributed by atoms with Crippen LogP contribution in [0, 0.1) is 0 Å². The molecule has 2 rings (SSSR count). The van der Waals surface area contributed by atoms with Crippen LogP contribution in [0.25, 0.3) is 0 Å². The summed E-state index contributed by atoms with van der Waals surface area (Å²) in [6.45, 7) is 1.39. The highest BCUT2D eigenvalue weighted by molar-refractivity contribution is 5.86. The number of hydrogen-bond acceptors (Lipinski definition) is 6. The Kier molecular flexibility index (Phi) is 8.68.